The van der Waals surface area contributed by atoms with Crippen molar-refractivity contribution >= 4 is 18.1 Å². The highest BCUT2D eigenvalue weighted by Crippen LogP contribution is 2.35. The Labute approximate surface area is 165 Å². The van der Waals surface area contributed by atoms with Gasteiger partial charge in [0.15, 0.2) is 16.3 Å². The van der Waals surface area contributed by atoms with Gasteiger partial charge < -0.3 is 5.32 Å². The van der Waals surface area contributed by atoms with Crippen LogP contribution in [0.3, 0.4) is 0 Å². The number of amides is 1. The molecule has 1 amide bonds. The fraction of sp³-hybridized carbons (Fsp3) is 0.368. The van der Waals surface area contributed by atoms with E-state index in [2.05, 4.69) is 20.6 Å². The molecule has 2 heterocycles. The van der Waals surface area contributed by atoms with E-state index in [4.69, 9.17) is 12.2 Å². The number of carbonyl (C=O) groups is 1. The summed E-state index contributed by atoms with van der Waals surface area (Å²) in [5.41, 5.74) is 2.55. The second kappa shape index (κ2) is 6.66. The summed E-state index contributed by atoms with van der Waals surface area (Å²) in [7, 11) is 0. The first-order chi connectivity index (χ1) is 13.6. The maximum Gasteiger partial charge on any atom is 0.272 e. The molecule has 2 aromatic heterocycles. The van der Waals surface area contributed by atoms with Crippen molar-refractivity contribution < 1.29 is 9.18 Å². The minimum atomic E-state index is -0.355. The van der Waals surface area contributed by atoms with Crippen LogP contribution in [0.5, 0.6) is 0 Å². The van der Waals surface area contributed by atoms with Gasteiger partial charge in [0.05, 0.1) is 6.54 Å². The van der Waals surface area contributed by atoms with Crippen molar-refractivity contribution in [2.45, 2.75) is 44.7 Å². The van der Waals surface area contributed by atoms with Crippen molar-refractivity contribution in [1.29, 1.82) is 0 Å². The van der Waals surface area contributed by atoms with Gasteiger partial charge in [0, 0.05) is 17.3 Å². The summed E-state index contributed by atoms with van der Waals surface area (Å²) in [5.74, 6) is 0.0853. The number of nitrogens with one attached hydrogen (secondary N) is 2. The van der Waals surface area contributed by atoms with Crippen molar-refractivity contribution in [3.8, 4) is 5.69 Å². The number of aromatic amines is 1. The number of para-hydroxylation sites is 1. The summed E-state index contributed by atoms with van der Waals surface area (Å²) in [5, 5.41) is 14.4. The van der Waals surface area contributed by atoms with Crippen LogP contribution < -0.4 is 5.32 Å². The zero-order valence-electron chi connectivity index (χ0n) is 15.1. The minimum Gasteiger partial charge on any atom is -0.343 e. The lowest BCUT2D eigenvalue weighted by atomic mass is 10.2. The maximum absolute atomic E-state index is 14.3. The number of benzene rings is 1. The number of aromatic nitrogens is 5. The smallest absolute Gasteiger partial charge is 0.272 e. The third kappa shape index (κ3) is 2.86. The van der Waals surface area contributed by atoms with E-state index >= 15 is 0 Å². The highest BCUT2D eigenvalue weighted by molar-refractivity contribution is 7.71. The summed E-state index contributed by atoms with van der Waals surface area (Å²) in [6.45, 7) is 0.268. The first-order valence-electron chi connectivity index (χ1n) is 9.43. The molecule has 0 saturated heterocycles. The van der Waals surface area contributed by atoms with Gasteiger partial charge in [-0.2, -0.15) is 10.2 Å². The number of nitrogens with zero attached hydrogens (tertiary/aromatic N) is 4. The number of halogens is 1. The molecule has 2 aliphatic rings. The number of H-pyrrole nitrogens is 1. The molecular weight excluding hydrogens is 379 g/mol. The standard InChI is InChI=1S/C19H19FN6OS/c20-13-5-1-2-6-15(13)26-14-7-3-4-12(14)17(24-26)18(27)21-10-16-22-23-19(28)25(16)11-8-9-11/h1-2,5-6,11H,3-4,7-10H2,(H,21,27)(H,23,28). The molecule has 5 rings (SSSR count). The molecule has 7 nitrogen and oxygen atoms in total. The molecule has 2 aliphatic carbocycles. The van der Waals surface area contributed by atoms with Crippen LogP contribution in [0.2, 0.25) is 0 Å². The van der Waals surface area contributed by atoms with E-state index in [0.29, 0.717) is 28.0 Å². The molecule has 0 atom stereocenters. The topological polar surface area (TPSA) is 80.5 Å². The Morgan fingerprint density at radius 1 is 1.32 bits per heavy atom. The van der Waals surface area contributed by atoms with Gasteiger partial charge in [0.2, 0.25) is 0 Å². The molecule has 2 N–H and O–H groups in total. The van der Waals surface area contributed by atoms with E-state index in [1.807, 2.05) is 4.57 Å². The molecule has 1 fully saturated rings. The molecule has 1 saturated carbocycles. The summed E-state index contributed by atoms with van der Waals surface area (Å²) in [6.07, 6.45) is 4.64. The molecule has 3 aromatic rings. The lowest BCUT2D eigenvalue weighted by molar-refractivity contribution is 0.0943. The fourth-order valence-electron chi connectivity index (χ4n) is 3.86. The molecule has 0 aliphatic heterocycles. The average molecular weight is 398 g/mol. The first kappa shape index (κ1) is 17.3. The molecule has 28 heavy (non-hydrogen) atoms. The van der Waals surface area contributed by atoms with E-state index in [-0.39, 0.29) is 18.3 Å². The normalized spacial score (nSPS) is 15.6. The number of rotatable bonds is 5. The number of carbonyl (C=O) groups excluding carboxylic acids is 1. The molecule has 0 unspecified atom stereocenters. The quantitative estimate of drug-likeness (QED) is 0.648. The third-order valence-electron chi connectivity index (χ3n) is 5.32. The molecule has 0 radical (unpaired) electrons. The number of hydrogen-bond acceptors (Lipinski definition) is 4. The minimum absolute atomic E-state index is 0.268. The van der Waals surface area contributed by atoms with Crippen LogP contribution in [0.4, 0.5) is 4.39 Å². The van der Waals surface area contributed by atoms with Gasteiger partial charge in [-0.25, -0.2) is 9.07 Å². The zero-order valence-corrected chi connectivity index (χ0v) is 15.9. The lowest BCUT2D eigenvalue weighted by Gasteiger charge is -2.07. The lowest BCUT2D eigenvalue weighted by Crippen LogP contribution is -2.26. The number of fused-ring (bicyclic) bond motifs is 1. The predicted molar refractivity (Wildman–Crippen MR) is 102 cm³/mol. The second-order valence-electron chi connectivity index (χ2n) is 7.22. The second-order valence-corrected chi connectivity index (χ2v) is 7.61. The van der Waals surface area contributed by atoms with Crippen LogP contribution in [-0.2, 0) is 19.4 Å². The van der Waals surface area contributed by atoms with Crippen LogP contribution >= 0.6 is 12.2 Å². The van der Waals surface area contributed by atoms with E-state index in [1.54, 1.807) is 22.9 Å². The van der Waals surface area contributed by atoms with Gasteiger partial charge in [0.25, 0.3) is 5.91 Å². The summed E-state index contributed by atoms with van der Waals surface area (Å²) >= 11 is 5.28. The largest absolute Gasteiger partial charge is 0.343 e. The first-order valence-corrected chi connectivity index (χ1v) is 9.84. The molecule has 0 spiro atoms. The fourth-order valence-corrected chi connectivity index (χ4v) is 4.16. The Morgan fingerprint density at radius 3 is 2.93 bits per heavy atom. The summed E-state index contributed by atoms with van der Waals surface area (Å²) in [4.78, 5) is 12.9. The SMILES string of the molecule is O=C(NCc1n[nH]c(=S)n1C1CC1)c1nn(-c2ccccc2F)c2c1CCC2. The van der Waals surface area contributed by atoms with Gasteiger partial charge in [-0.15, -0.1) is 0 Å². The van der Waals surface area contributed by atoms with Crippen LogP contribution in [0.15, 0.2) is 24.3 Å². The molecule has 9 heteroatoms. The van der Waals surface area contributed by atoms with Gasteiger partial charge in [0.1, 0.15) is 11.5 Å². The Balaban J connectivity index is 1.42. The van der Waals surface area contributed by atoms with Crippen molar-refractivity contribution in [2.75, 3.05) is 0 Å². The molecular formula is C19H19FN6OS. The highest BCUT2D eigenvalue weighted by Gasteiger charge is 2.29. The maximum atomic E-state index is 14.3. The number of hydrogen-bond donors (Lipinski definition) is 2. The average Bonchev–Trinajstić information content (AvgIpc) is 3.12. The molecule has 144 valence electrons. The van der Waals surface area contributed by atoms with Crippen molar-refractivity contribution in [1.82, 2.24) is 29.9 Å². The third-order valence-corrected chi connectivity index (χ3v) is 5.61. The Kier molecular flexibility index (Phi) is 4.12. The summed E-state index contributed by atoms with van der Waals surface area (Å²) < 4.78 is 18.4. The van der Waals surface area contributed by atoms with Gasteiger partial charge in [-0.05, 0) is 56.5 Å². The zero-order chi connectivity index (χ0) is 19.3. The monoisotopic (exact) mass is 398 g/mol. The van der Waals surface area contributed by atoms with Crippen LogP contribution in [0.25, 0.3) is 5.69 Å². The molecule has 1 aromatic carbocycles. The summed E-state index contributed by atoms with van der Waals surface area (Å²) in [6, 6.07) is 6.86. The van der Waals surface area contributed by atoms with Crippen molar-refractivity contribution in [3.05, 3.63) is 57.6 Å². The molecule has 0 bridgehead atoms. The highest BCUT2D eigenvalue weighted by atomic mass is 32.1. The van der Waals surface area contributed by atoms with E-state index < -0.39 is 0 Å². The Hall–Kier alpha value is -2.81. The van der Waals surface area contributed by atoms with E-state index in [1.165, 1.54) is 6.07 Å². The predicted octanol–water partition coefficient (Wildman–Crippen LogP) is 3.02. The van der Waals surface area contributed by atoms with E-state index in [0.717, 1.165) is 43.4 Å². The Bertz CT molecular complexity index is 1130. The van der Waals surface area contributed by atoms with Gasteiger partial charge in [-0.1, -0.05) is 12.1 Å². The van der Waals surface area contributed by atoms with Crippen LogP contribution in [0.1, 0.15) is 52.9 Å². The van der Waals surface area contributed by atoms with Crippen LogP contribution in [-0.4, -0.2) is 30.5 Å². The van der Waals surface area contributed by atoms with Crippen molar-refractivity contribution in [3.63, 3.8) is 0 Å². The Morgan fingerprint density at radius 2 is 2.14 bits per heavy atom. The van der Waals surface area contributed by atoms with Gasteiger partial charge in [-0.3, -0.25) is 14.5 Å². The van der Waals surface area contributed by atoms with E-state index in [9.17, 15) is 9.18 Å². The van der Waals surface area contributed by atoms with Crippen LogP contribution in [0, 0.1) is 10.6 Å². The van der Waals surface area contributed by atoms with Gasteiger partial charge >= 0.3 is 0 Å². The van der Waals surface area contributed by atoms with Crippen molar-refractivity contribution in [2.24, 2.45) is 0 Å².